The van der Waals surface area contributed by atoms with Crippen molar-refractivity contribution in [1.29, 1.82) is 0 Å². The van der Waals surface area contributed by atoms with Gasteiger partial charge < -0.3 is 15.2 Å². The molecule has 1 amide bonds. The molecule has 200 valence electrons. The zero-order valence-corrected chi connectivity index (χ0v) is 21.6. The van der Waals surface area contributed by atoms with Crippen molar-refractivity contribution in [1.82, 2.24) is 5.32 Å². The van der Waals surface area contributed by atoms with Gasteiger partial charge in [0.2, 0.25) is 17.2 Å². The number of nitrogens with one attached hydrogen (secondary N) is 1. The lowest BCUT2D eigenvalue weighted by Crippen LogP contribution is -2.61. The van der Waals surface area contributed by atoms with Gasteiger partial charge in [-0.25, -0.2) is 4.79 Å². The van der Waals surface area contributed by atoms with Crippen LogP contribution in [-0.4, -0.2) is 52.6 Å². The number of benzene rings is 1. The maximum Gasteiger partial charge on any atom is 0.342 e. The molecular formula is C30H33NO7. The van der Waals surface area contributed by atoms with Gasteiger partial charge in [0.15, 0.2) is 6.29 Å². The maximum atomic E-state index is 13.8. The number of rotatable bonds is 3. The summed E-state index contributed by atoms with van der Waals surface area (Å²) in [5, 5.41) is 14.3. The van der Waals surface area contributed by atoms with Crippen LogP contribution in [0.3, 0.4) is 0 Å². The molecule has 1 saturated carbocycles. The SMILES string of the molecule is C=C1[C@@H](C)[C@H]2[C@H](Cc3ccccc3)NC(=O)[C@]23OC(=O)C(C=O)=CC(=O)C(=O)CC[C@@H](C)CC=C[C@H]3[C@@H]1O. The van der Waals surface area contributed by atoms with E-state index < -0.39 is 64.5 Å². The Balaban J connectivity index is 1.85. The van der Waals surface area contributed by atoms with Crippen LogP contribution in [0, 0.1) is 23.7 Å². The molecule has 2 fully saturated rings. The normalized spacial score (nSPS) is 34.4. The number of aldehydes is 1. The summed E-state index contributed by atoms with van der Waals surface area (Å²) in [6.07, 6.45) is 4.49. The van der Waals surface area contributed by atoms with E-state index in [-0.39, 0.29) is 18.6 Å². The molecule has 0 unspecified atom stereocenters. The highest BCUT2D eigenvalue weighted by Gasteiger charge is 2.68. The average molecular weight is 520 g/mol. The molecule has 4 rings (SSSR count). The predicted octanol–water partition coefficient (Wildman–Crippen LogP) is 2.45. The van der Waals surface area contributed by atoms with Crippen LogP contribution in [0.15, 0.2) is 66.3 Å². The third-order valence-corrected chi connectivity index (χ3v) is 8.17. The Morgan fingerprint density at radius 3 is 2.55 bits per heavy atom. The van der Waals surface area contributed by atoms with Crippen molar-refractivity contribution in [3.8, 4) is 0 Å². The van der Waals surface area contributed by atoms with E-state index in [0.717, 1.165) is 5.56 Å². The second-order valence-corrected chi connectivity index (χ2v) is 10.6. The fraction of sp³-hybridized carbons (Fsp3) is 0.433. The monoisotopic (exact) mass is 519 g/mol. The number of esters is 1. The lowest BCUT2D eigenvalue weighted by Gasteiger charge is -2.49. The van der Waals surface area contributed by atoms with E-state index in [1.807, 2.05) is 44.2 Å². The molecular weight excluding hydrogens is 486 g/mol. The molecule has 8 nitrogen and oxygen atoms in total. The van der Waals surface area contributed by atoms with Crippen molar-refractivity contribution in [2.45, 2.75) is 57.3 Å². The number of carbonyl (C=O) groups is 5. The van der Waals surface area contributed by atoms with Gasteiger partial charge in [-0.15, -0.1) is 0 Å². The van der Waals surface area contributed by atoms with Gasteiger partial charge in [0.1, 0.15) is 5.57 Å². The van der Waals surface area contributed by atoms with Crippen LogP contribution in [0.2, 0.25) is 0 Å². The number of ether oxygens (including phenoxy) is 1. The molecule has 0 aromatic heterocycles. The molecule has 0 bridgehead atoms. The number of aliphatic hydroxyl groups is 1. The Morgan fingerprint density at radius 2 is 1.87 bits per heavy atom. The summed E-state index contributed by atoms with van der Waals surface area (Å²) >= 11 is 0. The molecule has 2 heterocycles. The van der Waals surface area contributed by atoms with E-state index in [2.05, 4.69) is 11.9 Å². The number of Topliss-reactive ketones (excluding diaryl/α,β-unsaturated/α-hetero) is 1. The minimum atomic E-state index is -1.87. The Bertz CT molecular complexity index is 1220. The van der Waals surface area contributed by atoms with Crippen LogP contribution in [0.5, 0.6) is 0 Å². The van der Waals surface area contributed by atoms with Crippen LogP contribution in [-0.2, 0) is 35.1 Å². The van der Waals surface area contributed by atoms with E-state index in [1.54, 1.807) is 12.2 Å². The minimum absolute atomic E-state index is 0.0263. The summed E-state index contributed by atoms with van der Waals surface area (Å²) in [7, 11) is 0. The first-order valence-electron chi connectivity index (χ1n) is 13.0. The molecule has 38 heavy (non-hydrogen) atoms. The first-order chi connectivity index (χ1) is 18.1. The lowest BCUT2D eigenvalue weighted by atomic mass is 9.59. The van der Waals surface area contributed by atoms with E-state index in [0.29, 0.717) is 30.9 Å². The Labute approximate surface area is 221 Å². The molecule has 1 spiro atoms. The van der Waals surface area contributed by atoms with Crippen molar-refractivity contribution in [3.05, 3.63) is 71.8 Å². The number of allylic oxidation sites excluding steroid dienone is 2. The van der Waals surface area contributed by atoms with Gasteiger partial charge in [-0.1, -0.05) is 62.9 Å². The second-order valence-electron chi connectivity index (χ2n) is 10.6. The molecule has 1 aromatic carbocycles. The van der Waals surface area contributed by atoms with Gasteiger partial charge in [-0.3, -0.25) is 19.2 Å². The highest BCUT2D eigenvalue weighted by molar-refractivity contribution is 6.43. The summed E-state index contributed by atoms with van der Waals surface area (Å²) in [5.41, 5.74) is -1.04. The van der Waals surface area contributed by atoms with E-state index in [9.17, 15) is 29.1 Å². The summed E-state index contributed by atoms with van der Waals surface area (Å²) in [6, 6.07) is 9.08. The van der Waals surface area contributed by atoms with Gasteiger partial charge in [-0.2, -0.15) is 0 Å². The first-order valence-corrected chi connectivity index (χ1v) is 13.0. The topological polar surface area (TPSA) is 127 Å². The van der Waals surface area contributed by atoms with Crippen LogP contribution in [0.25, 0.3) is 0 Å². The number of amides is 1. The first kappa shape index (κ1) is 27.4. The van der Waals surface area contributed by atoms with Crippen molar-refractivity contribution < 1.29 is 33.8 Å². The second kappa shape index (κ2) is 11.0. The molecule has 1 aliphatic carbocycles. The lowest BCUT2D eigenvalue weighted by molar-refractivity contribution is -0.183. The fourth-order valence-electron chi connectivity index (χ4n) is 6.01. The molecule has 1 saturated heterocycles. The van der Waals surface area contributed by atoms with E-state index >= 15 is 0 Å². The molecule has 2 aliphatic heterocycles. The maximum absolute atomic E-state index is 13.8. The van der Waals surface area contributed by atoms with Crippen molar-refractivity contribution in [3.63, 3.8) is 0 Å². The van der Waals surface area contributed by atoms with Crippen LogP contribution in [0.1, 0.15) is 38.7 Å². The average Bonchev–Trinajstić information content (AvgIpc) is 3.17. The van der Waals surface area contributed by atoms with E-state index in [1.165, 1.54) is 0 Å². The zero-order valence-electron chi connectivity index (χ0n) is 21.6. The highest BCUT2D eigenvalue weighted by atomic mass is 16.6. The van der Waals surface area contributed by atoms with E-state index in [4.69, 9.17) is 4.74 Å². The van der Waals surface area contributed by atoms with Crippen molar-refractivity contribution >= 4 is 29.7 Å². The van der Waals surface area contributed by atoms with Gasteiger partial charge in [-0.05, 0) is 42.2 Å². The van der Waals surface area contributed by atoms with Crippen LogP contribution < -0.4 is 5.32 Å². The Hall–Kier alpha value is -3.65. The molecule has 8 heteroatoms. The molecule has 0 radical (unpaired) electrons. The summed E-state index contributed by atoms with van der Waals surface area (Å²) < 4.78 is 5.93. The predicted molar refractivity (Wildman–Crippen MR) is 139 cm³/mol. The third-order valence-electron chi connectivity index (χ3n) is 8.17. The number of hydrogen-bond acceptors (Lipinski definition) is 7. The summed E-state index contributed by atoms with van der Waals surface area (Å²) in [6.45, 7) is 7.87. The summed E-state index contributed by atoms with van der Waals surface area (Å²) in [4.78, 5) is 63.7. The standard InChI is InChI=1S/C30H33NO7/c1-17-8-7-11-22-27(35)19(3)18(2)26-23(14-20-9-5-4-6-10-20)31-29(37)30(22,26)38-28(36)21(16-32)15-25(34)24(33)13-12-17/h4-7,9-11,15-18,22-23,26-27,35H,3,8,12-14H2,1-2H3,(H,31,37)/t17-,18+,22-,23-,26-,27+,30+/m0/s1. The number of carbonyl (C=O) groups excluding carboxylic acids is 5. The Morgan fingerprint density at radius 1 is 1.16 bits per heavy atom. The van der Waals surface area contributed by atoms with Crippen molar-refractivity contribution in [2.24, 2.45) is 23.7 Å². The van der Waals surface area contributed by atoms with Gasteiger partial charge in [0.25, 0.3) is 5.91 Å². The number of ketones is 2. The smallest absolute Gasteiger partial charge is 0.342 e. The highest BCUT2D eigenvalue weighted by Crippen LogP contribution is 2.52. The van der Waals surface area contributed by atoms with Crippen LogP contribution in [0.4, 0.5) is 0 Å². The Kier molecular flexibility index (Phi) is 7.92. The minimum Gasteiger partial charge on any atom is -0.444 e. The molecule has 2 N–H and O–H groups in total. The zero-order chi connectivity index (χ0) is 27.6. The fourth-order valence-corrected chi connectivity index (χ4v) is 6.01. The van der Waals surface area contributed by atoms with Crippen LogP contribution >= 0.6 is 0 Å². The molecule has 3 aliphatic rings. The van der Waals surface area contributed by atoms with Crippen molar-refractivity contribution in [2.75, 3.05) is 0 Å². The molecule has 1 aromatic rings. The number of aliphatic hydroxyl groups excluding tert-OH is 1. The number of hydrogen-bond donors (Lipinski definition) is 2. The largest absolute Gasteiger partial charge is 0.444 e. The van der Waals surface area contributed by atoms with Gasteiger partial charge in [0.05, 0.1) is 12.0 Å². The quantitative estimate of drug-likeness (QED) is 0.206. The van der Waals surface area contributed by atoms with Gasteiger partial charge >= 0.3 is 5.97 Å². The summed E-state index contributed by atoms with van der Waals surface area (Å²) in [5.74, 6) is -5.46. The van der Waals surface area contributed by atoms with Gasteiger partial charge in [0, 0.05) is 24.5 Å². The third kappa shape index (κ3) is 4.92. The molecule has 7 atom stereocenters.